The summed E-state index contributed by atoms with van der Waals surface area (Å²) in [5, 5.41) is 0. The summed E-state index contributed by atoms with van der Waals surface area (Å²) in [5.74, 6) is -2.16. The molecule has 0 aromatic heterocycles. The summed E-state index contributed by atoms with van der Waals surface area (Å²) in [6, 6.07) is -1.04. The van der Waals surface area contributed by atoms with Crippen LogP contribution in [0.4, 0.5) is 13.2 Å². The maximum atomic E-state index is 12.6. The van der Waals surface area contributed by atoms with Crippen LogP contribution >= 0.6 is 0 Å². The summed E-state index contributed by atoms with van der Waals surface area (Å²) in [7, 11) is 0. The van der Waals surface area contributed by atoms with E-state index in [1.54, 1.807) is 4.90 Å². The molecule has 134 valence electrons. The van der Waals surface area contributed by atoms with Gasteiger partial charge in [0.1, 0.15) is 6.04 Å². The second-order valence-electron chi connectivity index (χ2n) is 6.58. The number of hydrogen-bond donors (Lipinski definition) is 0. The van der Waals surface area contributed by atoms with Crippen LogP contribution in [0.15, 0.2) is 0 Å². The second kappa shape index (κ2) is 6.25. The molecule has 9 heteroatoms. The van der Waals surface area contributed by atoms with Crippen molar-refractivity contribution in [3.63, 3.8) is 0 Å². The third-order valence-electron chi connectivity index (χ3n) is 4.87. The maximum Gasteiger partial charge on any atom is 0.471 e. The van der Waals surface area contributed by atoms with Crippen molar-refractivity contribution in [3.05, 3.63) is 0 Å². The first-order chi connectivity index (χ1) is 11.3. The summed E-state index contributed by atoms with van der Waals surface area (Å²) in [5.41, 5.74) is 0. The van der Waals surface area contributed by atoms with Crippen LogP contribution in [0.1, 0.15) is 25.7 Å². The Morgan fingerprint density at radius 3 is 1.83 bits per heavy atom. The average molecular weight is 347 g/mol. The fourth-order valence-electron chi connectivity index (χ4n) is 3.38. The largest absolute Gasteiger partial charge is 0.471 e. The molecule has 24 heavy (non-hydrogen) atoms. The van der Waals surface area contributed by atoms with Gasteiger partial charge in [-0.15, -0.1) is 0 Å². The van der Waals surface area contributed by atoms with Crippen molar-refractivity contribution < 1.29 is 27.6 Å². The topological polar surface area (TPSA) is 60.9 Å². The molecule has 3 aliphatic rings. The van der Waals surface area contributed by atoms with Gasteiger partial charge >= 0.3 is 12.1 Å². The Hall–Kier alpha value is -1.80. The lowest BCUT2D eigenvalue weighted by molar-refractivity contribution is -0.187. The van der Waals surface area contributed by atoms with Gasteiger partial charge in [0, 0.05) is 38.6 Å². The van der Waals surface area contributed by atoms with Crippen LogP contribution in [0, 0.1) is 5.92 Å². The van der Waals surface area contributed by atoms with Crippen molar-refractivity contribution in [2.75, 3.05) is 32.7 Å². The van der Waals surface area contributed by atoms with Crippen molar-refractivity contribution in [3.8, 4) is 0 Å². The molecule has 1 saturated carbocycles. The van der Waals surface area contributed by atoms with Crippen LogP contribution in [-0.2, 0) is 14.4 Å². The highest BCUT2D eigenvalue weighted by Gasteiger charge is 2.48. The van der Waals surface area contributed by atoms with Crippen LogP contribution in [0.25, 0.3) is 0 Å². The number of likely N-dealkylation sites (tertiary alicyclic amines) is 1. The Balaban J connectivity index is 1.58. The van der Waals surface area contributed by atoms with E-state index in [1.807, 2.05) is 0 Å². The van der Waals surface area contributed by atoms with Crippen molar-refractivity contribution in [2.24, 2.45) is 5.92 Å². The lowest BCUT2D eigenvalue weighted by atomic mass is 10.1. The third kappa shape index (κ3) is 3.34. The number of nitrogens with zero attached hydrogens (tertiary/aromatic N) is 3. The minimum Gasteiger partial charge on any atom is -0.339 e. The Kier molecular flexibility index (Phi) is 4.44. The van der Waals surface area contributed by atoms with Gasteiger partial charge in [-0.25, -0.2) is 0 Å². The van der Waals surface area contributed by atoms with E-state index in [4.69, 9.17) is 0 Å². The monoisotopic (exact) mass is 347 g/mol. The highest BCUT2D eigenvalue weighted by atomic mass is 19.4. The van der Waals surface area contributed by atoms with Gasteiger partial charge < -0.3 is 14.7 Å². The van der Waals surface area contributed by atoms with Gasteiger partial charge in [0.25, 0.3) is 0 Å². The zero-order chi connectivity index (χ0) is 17.5. The molecule has 6 nitrogen and oxygen atoms in total. The van der Waals surface area contributed by atoms with Crippen molar-refractivity contribution >= 4 is 17.7 Å². The SMILES string of the molecule is O=C(C1CC1)N1CCN(C(=O)C2CCCN2C(=O)C(F)(F)F)CC1. The van der Waals surface area contributed by atoms with Crippen LogP contribution in [0.3, 0.4) is 0 Å². The number of carbonyl (C=O) groups is 3. The molecule has 0 aromatic rings. The normalized spacial score (nSPS) is 25.1. The molecule has 1 aliphatic carbocycles. The van der Waals surface area contributed by atoms with Crippen molar-refractivity contribution in [1.29, 1.82) is 0 Å². The highest BCUT2D eigenvalue weighted by molar-refractivity contribution is 5.90. The van der Waals surface area contributed by atoms with E-state index in [-0.39, 0.29) is 24.8 Å². The first-order valence-electron chi connectivity index (χ1n) is 8.24. The molecular formula is C15H20F3N3O3. The van der Waals surface area contributed by atoms with Gasteiger partial charge in [-0.1, -0.05) is 0 Å². The minimum atomic E-state index is -4.96. The fourth-order valence-corrected chi connectivity index (χ4v) is 3.38. The first kappa shape index (κ1) is 17.0. The molecule has 2 heterocycles. The number of carbonyl (C=O) groups excluding carboxylic acids is 3. The molecule has 0 radical (unpaired) electrons. The van der Waals surface area contributed by atoms with E-state index >= 15 is 0 Å². The van der Waals surface area contributed by atoms with E-state index in [9.17, 15) is 27.6 Å². The zero-order valence-electron chi connectivity index (χ0n) is 13.2. The quantitative estimate of drug-likeness (QED) is 0.736. The predicted octanol–water partition coefficient (Wildman–Crippen LogP) is 0.620. The lowest BCUT2D eigenvalue weighted by Gasteiger charge is -2.37. The van der Waals surface area contributed by atoms with E-state index in [0.717, 1.165) is 12.8 Å². The third-order valence-corrected chi connectivity index (χ3v) is 4.87. The fraction of sp³-hybridized carbons (Fsp3) is 0.800. The Bertz CT molecular complexity index is 540. The van der Waals surface area contributed by atoms with Crippen molar-refractivity contribution in [2.45, 2.75) is 37.9 Å². The molecule has 3 fully saturated rings. The first-order valence-corrected chi connectivity index (χ1v) is 8.24. The van der Waals surface area contributed by atoms with E-state index < -0.39 is 24.0 Å². The molecule has 3 rings (SSSR count). The molecule has 0 N–H and O–H groups in total. The maximum absolute atomic E-state index is 12.6. The molecule has 1 atom stereocenters. The standard InChI is InChI=1S/C15H20F3N3O3/c16-15(17,18)14(24)21-5-1-2-11(21)13(23)20-8-6-19(7-9-20)12(22)10-3-4-10/h10-11H,1-9H2. The molecule has 0 aromatic carbocycles. The molecule has 2 aliphatic heterocycles. The van der Waals surface area contributed by atoms with Gasteiger partial charge in [-0.2, -0.15) is 13.2 Å². The smallest absolute Gasteiger partial charge is 0.339 e. The number of amides is 3. The summed E-state index contributed by atoms with van der Waals surface area (Å²) in [6.07, 6.45) is -2.50. The summed E-state index contributed by atoms with van der Waals surface area (Å²) < 4.78 is 37.9. The number of halogens is 3. The molecule has 2 saturated heterocycles. The Morgan fingerprint density at radius 1 is 0.792 bits per heavy atom. The van der Waals surface area contributed by atoms with E-state index in [2.05, 4.69) is 0 Å². The predicted molar refractivity (Wildman–Crippen MR) is 76.7 cm³/mol. The van der Waals surface area contributed by atoms with Gasteiger partial charge in [0.15, 0.2) is 0 Å². The molecule has 3 amide bonds. The summed E-state index contributed by atoms with van der Waals surface area (Å²) in [6.45, 7) is 1.38. The molecule has 1 unspecified atom stereocenters. The van der Waals surface area contributed by atoms with Crippen LogP contribution in [-0.4, -0.2) is 77.4 Å². The second-order valence-corrected chi connectivity index (χ2v) is 6.58. The zero-order valence-corrected chi connectivity index (χ0v) is 13.2. The van der Waals surface area contributed by atoms with Crippen molar-refractivity contribution in [1.82, 2.24) is 14.7 Å². The highest BCUT2D eigenvalue weighted by Crippen LogP contribution is 2.31. The number of rotatable bonds is 2. The lowest BCUT2D eigenvalue weighted by Crippen LogP contribution is -2.56. The average Bonchev–Trinajstić information content (AvgIpc) is 3.29. The van der Waals surface area contributed by atoms with Crippen LogP contribution in [0.2, 0.25) is 0 Å². The molecular weight excluding hydrogens is 327 g/mol. The van der Waals surface area contributed by atoms with Gasteiger partial charge in [-0.05, 0) is 25.7 Å². The van der Waals surface area contributed by atoms with Gasteiger partial charge in [0.2, 0.25) is 11.8 Å². The number of alkyl halides is 3. The van der Waals surface area contributed by atoms with E-state index in [1.165, 1.54) is 4.90 Å². The van der Waals surface area contributed by atoms with Crippen LogP contribution < -0.4 is 0 Å². The van der Waals surface area contributed by atoms with Gasteiger partial charge in [0.05, 0.1) is 0 Å². The van der Waals surface area contributed by atoms with Gasteiger partial charge in [-0.3, -0.25) is 14.4 Å². The Labute approximate surface area is 137 Å². The molecule has 0 spiro atoms. The number of hydrogen-bond acceptors (Lipinski definition) is 3. The Morgan fingerprint density at radius 2 is 1.33 bits per heavy atom. The summed E-state index contributed by atoms with van der Waals surface area (Å²) in [4.78, 5) is 39.8. The van der Waals surface area contributed by atoms with E-state index in [0.29, 0.717) is 37.5 Å². The summed E-state index contributed by atoms with van der Waals surface area (Å²) >= 11 is 0. The van der Waals surface area contributed by atoms with Crippen LogP contribution in [0.5, 0.6) is 0 Å². The molecule has 0 bridgehead atoms. The minimum absolute atomic E-state index is 0.0467. The number of piperazine rings is 1.